The van der Waals surface area contributed by atoms with Gasteiger partial charge >= 0.3 is 41.5 Å². The van der Waals surface area contributed by atoms with Crippen molar-refractivity contribution in [3.8, 4) is 0 Å². The Labute approximate surface area is 129 Å². The summed E-state index contributed by atoms with van der Waals surface area (Å²) in [5, 5.41) is 0. The van der Waals surface area contributed by atoms with E-state index in [9.17, 15) is 9.59 Å². The summed E-state index contributed by atoms with van der Waals surface area (Å²) in [5.74, 6) is -1.28. The van der Waals surface area contributed by atoms with Gasteiger partial charge in [0.15, 0.2) is 0 Å². The third-order valence-electron chi connectivity index (χ3n) is 2.20. The maximum Gasteiger partial charge on any atom is 1.00 e. The van der Waals surface area contributed by atoms with Gasteiger partial charge in [-0.15, -0.1) is 0 Å². The summed E-state index contributed by atoms with van der Waals surface area (Å²) in [5.41, 5.74) is 0.716. The fraction of sp³-hybridized carbons (Fsp3) is 0. The third kappa shape index (κ3) is 3.81. The number of rotatable bonds is 2. The van der Waals surface area contributed by atoms with Crippen molar-refractivity contribution in [2.45, 2.75) is 0 Å². The second-order valence-electron chi connectivity index (χ2n) is 3.41. The molecular formula is C14H11NaO3. The number of esters is 2. The Morgan fingerprint density at radius 2 is 1.06 bits per heavy atom. The SMILES string of the molecule is O=C(OC(=O)c1ccccc1)c1ccccc1.[H-].[Na+]. The second-order valence-corrected chi connectivity index (χ2v) is 3.41. The van der Waals surface area contributed by atoms with Crippen molar-refractivity contribution in [3.05, 3.63) is 71.8 Å². The number of carbonyl (C=O) groups excluding carboxylic acids is 2. The van der Waals surface area contributed by atoms with Crippen LogP contribution < -0.4 is 29.6 Å². The van der Waals surface area contributed by atoms with Gasteiger partial charge in [0.1, 0.15) is 0 Å². The van der Waals surface area contributed by atoms with E-state index < -0.39 is 11.9 Å². The molecule has 3 nitrogen and oxygen atoms in total. The normalized spacial score (nSPS) is 9.11. The van der Waals surface area contributed by atoms with E-state index in [1.807, 2.05) is 0 Å². The van der Waals surface area contributed by atoms with Crippen LogP contribution in [0.5, 0.6) is 0 Å². The quantitative estimate of drug-likeness (QED) is 0.421. The van der Waals surface area contributed by atoms with Gasteiger partial charge in [-0.05, 0) is 24.3 Å². The van der Waals surface area contributed by atoms with E-state index in [0.29, 0.717) is 11.1 Å². The van der Waals surface area contributed by atoms with Crippen molar-refractivity contribution in [2.75, 3.05) is 0 Å². The second kappa shape index (κ2) is 7.11. The van der Waals surface area contributed by atoms with Gasteiger partial charge in [0.05, 0.1) is 11.1 Å². The fourth-order valence-electron chi connectivity index (χ4n) is 1.35. The Hall–Kier alpha value is -1.42. The van der Waals surface area contributed by atoms with Crippen LogP contribution in [0.15, 0.2) is 60.7 Å². The van der Waals surface area contributed by atoms with E-state index in [1.165, 1.54) is 0 Å². The third-order valence-corrected chi connectivity index (χ3v) is 2.20. The zero-order chi connectivity index (χ0) is 12.1. The molecule has 0 fully saturated rings. The Morgan fingerprint density at radius 1 is 0.722 bits per heavy atom. The number of hydrogen-bond donors (Lipinski definition) is 0. The number of ether oxygens (including phenoxy) is 1. The van der Waals surface area contributed by atoms with E-state index in [4.69, 9.17) is 4.74 Å². The topological polar surface area (TPSA) is 43.4 Å². The molecule has 0 saturated carbocycles. The van der Waals surface area contributed by atoms with Crippen molar-refractivity contribution in [3.63, 3.8) is 0 Å². The predicted octanol–water partition coefficient (Wildman–Crippen LogP) is -0.200. The fourth-order valence-corrected chi connectivity index (χ4v) is 1.35. The molecule has 2 rings (SSSR count). The minimum absolute atomic E-state index is 0. The smallest absolute Gasteiger partial charge is 1.00 e. The van der Waals surface area contributed by atoms with Crippen molar-refractivity contribution in [2.24, 2.45) is 0 Å². The van der Waals surface area contributed by atoms with Gasteiger partial charge in [0, 0.05) is 0 Å². The average Bonchev–Trinajstić information content (AvgIpc) is 2.40. The summed E-state index contributed by atoms with van der Waals surface area (Å²) >= 11 is 0. The number of benzene rings is 2. The molecule has 0 spiro atoms. The van der Waals surface area contributed by atoms with Gasteiger partial charge in [-0.3, -0.25) is 0 Å². The molecule has 2 aromatic carbocycles. The molecule has 0 N–H and O–H groups in total. The molecule has 0 aliphatic carbocycles. The predicted molar refractivity (Wildman–Crippen MR) is 63.7 cm³/mol. The maximum absolute atomic E-state index is 11.6. The molecule has 0 aromatic heterocycles. The van der Waals surface area contributed by atoms with Gasteiger partial charge < -0.3 is 6.16 Å². The summed E-state index contributed by atoms with van der Waals surface area (Å²) in [6.45, 7) is 0. The molecule has 18 heavy (non-hydrogen) atoms. The molecule has 0 aliphatic heterocycles. The standard InChI is InChI=1S/C14H10O3.Na.H/c15-13(11-7-3-1-4-8-11)17-14(16)12-9-5-2-6-10-12;;/h1-10H;;/q;+1;-1. The first kappa shape index (κ1) is 14.6. The molecule has 4 heteroatoms. The van der Waals surface area contributed by atoms with Crippen LogP contribution in [0.3, 0.4) is 0 Å². The summed E-state index contributed by atoms with van der Waals surface area (Å²) in [6, 6.07) is 16.8. The minimum Gasteiger partial charge on any atom is -1.00 e. The first-order valence-corrected chi connectivity index (χ1v) is 5.14. The monoisotopic (exact) mass is 250 g/mol. The van der Waals surface area contributed by atoms with Crippen LogP contribution >= 0.6 is 0 Å². The Kier molecular flexibility index (Phi) is 5.78. The summed E-state index contributed by atoms with van der Waals surface area (Å²) < 4.78 is 4.74. The minimum atomic E-state index is -0.639. The number of carbonyl (C=O) groups is 2. The van der Waals surface area contributed by atoms with E-state index in [0.717, 1.165) is 0 Å². The molecule has 0 radical (unpaired) electrons. The van der Waals surface area contributed by atoms with E-state index in [-0.39, 0.29) is 31.0 Å². The first-order valence-electron chi connectivity index (χ1n) is 5.14. The molecular weight excluding hydrogens is 239 g/mol. The maximum atomic E-state index is 11.6. The summed E-state index contributed by atoms with van der Waals surface area (Å²) in [4.78, 5) is 23.2. The molecule has 0 bridgehead atoms. The average molecular weight is 250 g/mol. The molecule has 0 amide bonds. The largest absolute Gasteiger partial charge is 1.00 e. The summed E-state index contributed by atoms with van der Waals surface area (Å²) in [7, 11) is 0. The van der Waals surface area contributed by atoms with Crippen LogP contribution in [-0.4, -0.2) is 11.9 Å². The van der Waals surface area contributed by atoms with Gasteiger partial charge in [0.2, 0.25) is 0 Å². The molecule has 0 unspecified atom stereocenters. The van der Waals surface area contributed by atoms with Crippen molar-refractivity contribution >= 4 is 11.9 Å². The molecule has 2 aromatic rings. The van der Waals surface area contributed by atoms with Crippen LogP contribution in [0.4, 0.5) is 0 Å². The van der Waals surface area contributed by atoms with Gasteiger partial charge in [0.25, 0.3) is 0 Å². The van der Waals surface area contributed by atoms with Crippen LogP contribution in [-0.2, 0) is 4.74 Å². The van der Waals surface area contributed by atoms with Crippen LogP contribution in [0.25, 0.3) is 0 Å². The van der Waals surface area contributed by atoms with Gasteiger partial charge in [-0.25, -0.2) is 9.59 Å². The molecule has 0 aliphatic rings. The van der Waals surface area contributed by atoms with E-state index in [2.05, 4.69) is 0 Å². The molecule has 0 atom stereocenters. The summed E-state index contributed by atoms with van der Waals surface area (Å²) in [6.07, 6.45) is 0. The van der Waals surface area contributed by atoms with Crippen molar-refractivity contribution in [1.82, 2.24) is 0 Å². The Bertz CT molecular complexity index is 479. The molecule has 0 saturated heterocycles. The number of hydrogen-bond acceptors (Lipinski definition) is 3. The Balaban J connectivity index is 0.00000162. The first-order chi connectivity index (χ1) is 8.27. The molecule has 86 valence electrons. The van der Waals surface area contributed by atoms with Gasteiger partial charge in [-0.1, -0.05) is 36.4 Å². The zero-order valence-corrected chi connectivity index (χ0v) is 12.0. The Morgan fingerprint density at radius 3 is 1.39 bits per heavy atom. The molecule has 0 heterocycles. The van der Waals surface area contributed by atoms with Crippen LogP contribution in [0.2, 0.25) is 0 Å². The van der Waals surface area contributed by atoms with Crippen LogP contribution in [0, 0.1) is 0 Å². The van der Waals surface area contributed by atoms with Crippen molar-refractivity contribution < 1.29 is 45.3 Å². The van der Waals surface area contributed by atoms with E-state index >= 15 is 0 Å². The van der Waals surface area contributed by atoms with E-state index in [1.54, 1.807) is 60.7 Å². The van der Waals surface area contributed by atoms with Crippen molar-refractivity contribution in [1.29, 1.82) is 0 Å². The van der Waals surface area contributed by atoms with Crippen LogP contribution in [0.1, 0.15) is 22.1 Å². The zero-order valence-electron chi connectivity index (χ0n) is 11.0. The van der Waals surface area contributed by atoms with Gasteiger partial charge in [-0.2, -0.15) is 0 Å².